The van der Waals surface area contributed by atoms with Crippen molar-refractivity contribution < 1.29 is 9.15 Å². The van der Waals surface area contributed by atoms with Crippen molar-refractivity contribution in [3.63, 3.8) is 0 Å². The molecule has 164 valence electrons. The number of aromatic nitrogens is 1. The molecule has 1 saturated heterocycles. The molecule has 2 N–H and O–H groups in total. The molecule has 2 aliphatic rings. The molecule has 1 aliphatic carbocycles. The van der Waals surface area contributed by atoms with E-state index in [1.54, 1.807) is 6.26 Å². The third-order valence-electron chi connectivity index (χ3n) is 5.56. The van der Waals surface area contributed by atoms with E-state index < -0.39 is 0 Å². The number of fused-ring (bicyclic) bond motifs is 1. The zero-order valence-corrected chi connectivity index (χ0v) is 18.5. The van der Waals surface area contributed by atoms with Crippen LogP contribution in [-0.2, 0) is 30.4 Å². The van der Waals surface area contributed by atoms with Gasteiger partial charge in [-0.15, -0.1) is 11.3 Å². The van der Waals surface area contributed by atoms with Gasteiger partial charge in [-0.1, -0.05) is 0 Å². The van der Waals surface area contributed by atoms with E-state index in [0.717, 1.165) is 83.5 Å². The molecule has 0 bridgehead atoms. The molecule has 1 fully saturated rings. The van der Waals surface area contributed by atoms with Crippen molar-refractivity contribution in [2.24, 2.45) is 4.99 Å². The molecule has 0 saturated carbocycles. The van der Waals surface area contributed by atoms with Crippen LogP contribution < -0.4 is 10.6 Å². The second-order valence-electron chi connectivity index (χ2n) is 7.80. The van der Waals surface area contributed by atoms with Gasteiger partial charge in [-0.3, -0.25) is 9.89 Å². The first-order chi connectivity index (χ1) is 14.9. The van der Waals surface area contributed by atoms with E-state index in [1.807, 2.05) is 23.5 Å². The standard InChI is InChI=1S/C22H33N5O2S/c1-2-6-20-19(5-1)26-21(30-20)8-10-24-22(23-9-7-18-4-3-15-29-18)25-11-12-27-13-16-28-17-14-27/h3-4,15H,1-2,5-14,16-17H2,(H2,23,24,25). The number of thiazole rings is 1. The van der Waals surface area contributed by atoms with Crippen LogP contribution in [0.2, 0.25) is 0 Å². The van der Waals surface area contributed by atoms with E-state index in [2.05, 4.69) is 15.5 Å². The minimum absolute atomic E-state index is 0.779. The van der Waals surface area contributed by atoms with Gasteiger partial charge >= 0.3 is 0 Å². The van der Waals surface area contributed by atoms with Crippen molar-refractivity contribution in [3.05, 3.63) is 39.7 Å². The van der Waals surface area contributed by atoms with Crippen molar-refractivity contribution in [1.29, 1.82) is 0 Å². The molecule has 3 heterocycles. The highest BCUT2D eigenvalue weighted by Gasteiger charge is 2.15. The second-order valence-corrected chi connectivity index (χ2v) is 8.97. The van der Waals surface area contributed by atoms with Crippen LogP contribution >= 0.6 is 11.3 Å². The molecule has 0 unspecified atom stereocenters. The predicted octanol–water partition coefficient (Wildman–Crippen LogP) is 2.27. The van der Waals surface area contributed by atoms with E-state index in [0.29, 0.717) is 0 Å². The van der Waals surface area contributed by atoms with Gasteiger partial charge in [0.05, 0.1) is 36.7 Å². The van der Waals surface area contributed by atoms with E-state index in [4.69, 9.17) is 19.1 Å². The number of aliphatic imine (C=N–C) groups is 1. The maximum absolute atomic E-state index is 5.43. The Labute approximate surface area is 182 Å². The summed E-state index contributed by atoms with van der Waals surface area (Å²) >= 11 is 1.90. The summed E-state index contributed by atoms with van der Waals surface area (Å²) < 4.78 is 10.9. The zero-order valence-electron chi connectivity index (χ0n) is 17.7. The Morgan fingerprint density at radius 3 is 2.77 bits per heavy atom. The SMILES string of the molecule is c1coc(CCNC(=NCCN2CCOCC2)NCCc2nc3c(s2)CCCC3)c1. The van der Waals surface area contributed by atoms with Crippen LogP contribution in [0.25, 0.3) is 0 Å². The number of ether oxygens (including phenoxy) is 1. The van der Waals surface area contributed by atoms with E-state index in [1.165, 1.54) is 34.8 Å². The van der Waals surface area contributed by atoms with Gasteiger partial charge in [0.25, 0.3) is 0 Å². The van der Waals surface area contributed by atoms with Crippen molar-refractivity contribution >= 4 is 17.3 Å². The Kier molecular flexibility index (Phi) is 8.17. The van der Waals surface area contributed by atoms with Gasteiger partial charge < -0.3 is 19.8 Å². The first kappa shape index (κ1) is 21.3. The summed E-state index contributed by atoms with van der Waals surface area (Å²) in [5.41, 5.74) is 1.34. The smallest absolute Gasteiger partial charge is 0.191 e. The lowest BCUT2D eigenvalue weighted by Gasteiger charge is -2.25. The fourth-order valence-corrected chi connectivity index (χ4v) is 5.02. The van der Waals surface area contributed by atoms with Crippen molar-refractivity contribution in [2.75, 3.05) is 52.5 Å². The van der Waals surface area contributed by atoms with Crippen molar-refractivity contribution in [2.45, 2.75) is 38.5 Å². The topological polar surface area (TPSA) is 74.9 Å². The lowest BCUT2D eigenvalue weighted by Crippen LogP contribution is -2.41. The molecule has 8 heteroatoms. The van der Waals surface area contributed by atoms with Gasteiger partial charge in [-0.25, -0.2) is 4.98 Å². The Balaban J connectivity index is 1.25. The van der Waals surface area contributed by atoms with Crippen LogP contribution in [0.3, 0.4) is 0 Å². The van der Waals surface area contributed by atoms with E-state index >= 15 is 0 Å². The fourth-order valence-electron chi connectivity index (χ4n) is 3.86. The van der Waals surface area contributed by atoms with E-state index in [-0.39, 0.29) is 0 Å². The summed E-state index contributed by atoms with van der Waals surface area (Å²) in [7, 11) is 0. The molecule has 30 heavy (non-hydrogen) atoms. The summed E-state index contributed by atoms with van der Waals surface area (Å²) in [4.78, 5) is 13.6. The largest absolute Gasteiger partial charge is 0.469 e. The lowest BCUT2D eigenvalue weighted by atomic mass is 10.0. The maximum Gasteiger partial charge on any atom is 0.191 e. The monoisotopic (exact) mass is 431 g/mol. The quantitative estimate of drug-likeness (QED) is 0.469. The Morgan fingerprint density at radius 2 is 1.97 bits per heavy atom. The molecule has 0 spiro atoms. The molecular formula is C22H33N5O2S. The van der Waals surface area contributed by atoms with Crippen molar-refractivity contribution in [1.82, 2.24) is 20.5 Å². The Hall–Kier alpha value is -1.90. The fraction of sp³-hybridized carbons (Fsp3) is 0.636. The minimum atomic E-state index is 0.779. The molecule has 0 aromatic carbocycles. The summed E-state index contributed by atoms with van der Waals surface area (Å²) in [6.45, 7) is 7.04. The molecule has 2 aromatic heterocycles. The molecule has 1 aliphatic heterocycles. The second kappa shape index (κ2) is 11.5. The highest BCUT2D eigenvalue weighted by molar-refractivity contribution is 7.11. The van der Waals surface area contributed by atoms with Crippen LogP contribution in [0.5, 0.6) is 0 Å². The van der Waals surface area contributed by atoms with Crippen LogP contribution in [0.15, 0.2) is 27.8 Å². The van der Waals surface area contributed by atoms with E-state index in [9.17, 15) is 0 Å². The van der Waals surface area contributed by atoms with Crippen LogP contribution in [-0.4, -0.2) is 68.3 Å². The number of nitrogens with one attached hydrogen (secondary N) is 2. The maximum atomic E-state index is 5.43. The number of hydrogen-bond acceptors (Lipinski definition) is 6. The van der Waals surface area contributed by atoms with Gasteiger partial charge in [-0.2, -0.15) is 0 Å². The Bertz CT molecular complexity index is 760. The number of rotatable bonds is 9. The number of furan rings is 1. The summed E-state index contributed by atoms with van der Waals surface area (Å²) in [5, 5.41) is 8.20. The minimum Gasteiger partial charge on any atom is -0.469 e. The number of morpholine rings is 1. The van der Waals surface area contributed by atoms with Gasteiger partial charge in [0.2, 0.25) is 0 Å². The number of nitrogens with zero attached hydrogens (tertiary/aromatic N) is 3. The molecule has 0 amide bonds. The average Bonchev–Trinajstić information content (AvgIpc) is 3.43. The van der Waals surface area contributed by atoms with Gasteiger partial charge in [0.1, 0.15) is 5.76 Å². The predicted molar refractivity (Wildman–Crippen MR) is 120 cm³/mol. The number of aryl methyl sites for hydroxylation is 2. The molecule has 4 rings (SSSR count). The van der Waals surface area contributed by atoms with Crippen molar-refractivity contribution in [3.8, 4) is 0 Å². The van der Waals surface area contributed by atoms with Gasteiger partial charge in [-0.05, 0) is 37.8 Å². The van der Waals surface area contributed by atoms with Gasteiger partial charge in [0, 0.05) is 50.4 Å². The van der Waals surface area contributed by atoms with Crippen LogP contribution in [0.4, 0.5) is 0 Å². The summed E-state index contributed by atoms with van der Waals surface area (Å²) in [5.74, 6) is 1.86. The molecule has 2 aromatic rings. The summed E-state index contributed by atoms with van der Waals surface area (Å²) in [6.07, 6.45) is 8.47. The first-order valence-corrected chi connectivity index (χ1v) is 12.0. The van der Waals surface area contributed by atoms with Crippen LogP contribution in [0.1, 0.15) is 34.2 Å². The Morgan fingerprint density at radius 1 is 1.13 bits per heavy atom. The third kappa shape index (κ3) is 6.55. The highest BCUT2D eigenvalue weighted by Crippen LogP contribution is 2.26. The third-order valence-corrected chi connectivity index (χ3v) is 6.77. The number of guanidine groups is 1. The number of hydrogen-bond donors (Lipinski definition) is 2. The zero-order chi connectivity index (χ0) is 20.4. The highest BCUT2D eigenvalue weighted by atomic mass is 32.1. The molecular weight excluding hydrogens is 398 g/mol. The normalized spacial score (nSPS) is 17.7. The average molecular weight is 432 g/mol. The first-order valence-electron chi connectivity index (χ1n) is 11.2. The van der Waals surface area contributed by atoms with Gasteiger partial charge in [0.15, 0.2) is 5.96 Å². The molecule has 7 nitrogen and oxygen atoms in total. The molecule has 0 atom stereocenters. The lowest BCUT2D eigenvalue weighted by molar-refractivity contribution is 0.0394. The summed E-state index contributed by atoms with van der Waals surface area (Å²) in [6, 6.07) is 3.94. The van der Waals surface area contributed by atoms with Crippen LogP contribution in [0, 0.1) is 0 Å². The molecule has 0 radical (unpaired) electrons.